The maximum atomic E-state index is 12.5. The Labute approximate surface area is 155 Å². The van der Waals surface area contributed by atoms with Crippen LogP contribution in [0.25, 0.3) is 0 Å². The van der Waals surface area contributed by atoms with Gasteiger partial charge in [0.25, 0.3) is 0 Å². The molecule has 132 valence electrons. The highest BCUT2D eigenvalue weighted by molar-refractivity contribution is 8.00. The number of hydrogen-bond acceptors (Lipinski definition) is 1. The predicted octanol–water partition coefficient (Wildman–Crippen LogP) is 6.96. The first-order valence-corrected chi connectivity index (χ1v) is 9.30. The van der Waals surface area contributed by atoms with E-state index in [1.165, 1.54) is 11.1 Å². The highest BCUT2D eigenvalue weighted by Gasteiger charge is 2.52. The van der Waals surface area contributed by atoms with Gasteiger partial charge >= 0.3 is 5.51 Å². The smallest absolute Gasteiger partial charge is 0.160 e. The van der Waals surface area contributed by atoms with Gasteiger partial charge in [0.15, 0.2) is 0 Å². The first kappa shape index (κ1) is 17.2. The van der Waals surface area contributed by atoms with Crippen LogP contribution in [0, 0.1) is 0 Å². The Hall–Kier alpha value is -2.20. The minimum Gasteiger partial charge on any atom is -0.160 e. The van der Waals surface area contributed by atoms with Crippen LogP contribution in [0.3, 0.4) is 0 Å². The minimum absolute atomic E-state index is 0.0641. The molecule has 0 radical (unpaired) electrons. The third kappa shape index (κ3) is 3.65. The van der Waals surface area contributed by atoms with Gasteiger partial charge in [-0.05, 0) is 58.3 Å². The van der Waals surface area contributed by atoms with Crippen LogP contribution >= 0.6 is 11.8 Å². The summed E-state index contributed by atoms with van der Waals surface area (Å²) in [4.78, 5) is 0.231. The van der Waals surface area contributed by atoms with Gasteiger partial charge in [0, 0.05) is 4.90 Å². The molecule has 0 spiro atoms. The quantitative estimate of drug-likeness (QED) is 0.447. The van der Waals surface area contributed by atoms with Gasteiger partial charge in [-0.15, -0.1) is 0 Å². The van der Waals surface area contributed by atoms with Crippen molar-refractivity contribution in [2.75, 3.05) is 0 Å². The van der Waals surface area contributed by atoms with E-state index in [0.29, 0.717) is 17.8 Å². The van der Waals surface area contributed by atoms with Crippen molar-refractivity contribution < 1.29 is 13.2 Å². The first-order chi connectivity index (χ1) is 12.5. The zero-order valence-corrected chi connectivity index (χ0v) is 14.7. The Kier molecular flexibility index (Phi) is 4.53. The molecule has 2 atom stereocenters. The summed E-state index contributed by atoms with van der Waals surface area (Å²) in [6, 6.07) is 27.5. The molecule has 0 heterocycles. The van der Waals surface area contributed by atoms with E-state index in [1.54, 1.807) is 12.1 Å². The fourth-order valence-corrected chi connectivity index (χ4v) is 4.34. The maximum Gasteiger partial charge on any atom is 0.446 e. The molecule has 0 amide bonds. The number of thioether (sulfide) groups is 1. The van der Waals surface area contributed by atoms with E-state index in [9.17, 15) is 13.2 Å². The Morgan fingerprint density at radius 1 is 0.538 bits per heavy atom. The van der Waals surface area contributed by atoms with Crippen LogP contribution in [0.4, 0.5) is 13.2 Å². The van der Waals surface area contributed by atoms with Crippen LogP contribution in [-0.4, -0.2) is 5.51 Å². The monoisotopic (exact) mass is 370 g/mol. The lowest BCUT2D eigenvalue weighted by Crippen LogP contribution is -1.98. The van der Waals surface area contributed by atoms with Crippen molar-refractivity contribution in [2.24, 2.45) is 0 Å². The average molecular weight is 370 g/mol. The second-order valence-corrected chi connectivity index (χ2v) is 7.65. The van der Waals surface area contributed by atoms with Gasteiger partial charge in [-0.25, -0.2) is 0 Å². The van der Waals surface area contributed by atoms with Crippen LogP contribution in [0.15, 0.2) is 89.8 Å². The zero-order valence-electron chi connectivity index (χ0n) is 13.9. The topological polar surface area (TPSA) is 0 Å². The van der Waals surface area contributed by atoms with Crippen molar-refractivity contribution in [3.8, 4) is 0 Å². The second kappa shape index (κ2) is 6.84. The van der Waals surface area contributed by atoms with Crippen LogP contribution in [-0.2, 0) is 0 Å². The molecule has 4 rings (SSSR count). The third-order valence-corrected chi connectivity index (χ3v) is 5.63. The molecule has 0 aromatic heterocycles. The highest BCUT2D eigenvalue weighted by atomic mass is 32.2. The first-order valence-electron chi connectivity index (χ1n) is 8.48. The van der Waals surface area contributed by atoms with Crippen LogP contribution in [0.2, 0.25) is 0 Å². The van der Waals surface area contributed by atoms with Crippen molar-refractivity contribution in [1.29, 1.82) is 0 Å². The zero-order chi connectivity index (χ0) is 18.1. The van der Waals surface area contributed by atoms with Crippen LogP contribution in [0.1, 0.15) is 34.4 Å². The molecule has 0 aliphatic heterocycles. The van der Waals surface area contributed by atoms with E-state index in [0.717, 1.165) is 5.56 Å². The lowest BCUT2D eigenvalue weighted by Gasteiger charge is -2.07. The third-order valence-electron chi connectivity index (χ3n) is 4.89. The van der Waals surface area contributed by atoms with Crippen LogP contribution in [0.5, 0.6) is 0 Å². The highest BCUT2D eigenvalue weighted by Crippen LogP contribution is 2.66. The molecule has 1 aliphatic rings. The molecular formula is C22H17F3S. The summed E-state index contributed by atoms with van der Waals surface area (Å²) < 4.78 is 37.6. The fourth-order valence-electron chi connectivity index (χ4n) is 3.80. The summed E-state index contributed by atoms with van der Waals surface area (Å²) in [7, 11) is 0. The van der Waals surface area contributed by atoms with Gasteiger partial charge in [0.2, 0.25) is 0 Å². The Morgan fingerprint density at radius 3 is 1.31 bits per heavy atom. The molecule has 3 aromatic carbocycles. The van der Waals surface area contributed by atoms with E-state index in [4.69, 9.17) is 0 Å². The summed E-state index contributed by atoms with van der Waals surface area (Å²) in [6.07, 6.45) is 0. The molecule has 1 saturated carbocycles. The normalized spacial score (nSPS) is 22.2. The molecule has 1 fully saturated rings. The summed E-state index contributed by atoms with van der Waals surface area (Å²) >= 11 is -0.0641. The molecule has 0 saturated heterocycles. The summed E-state index contributed by atoms with van der Waals surface area (Å²) in [5.74, 6) is 1.02. The number of benzene rings is 3. The summed E-state index contributed by atoms with van der Waals surface area (Å²) in [5.41, 5.74) is -0.598. The van der Waals surface area contributed by atoms with E-state index >= 15 is 0 Å². The molecule has 2 unspecified atom stereocenters. The number of rotatable bonds is 4. The van der Waals surface area contributed by atoms with E-state index in [1.807, 2.05) is 48.5 Å². The van der Waals surface area contributed by atoms with Crippen molar-refractivity contribution >= 4 is 11.8 Å². The van der Waals surface area contributed by atoms with Crippen molar-refractivity contribution in [2.45, 2.75) is 28.2 Å². The predicted molar refractivity (Wildman–Crippen MR) is 99.5 cm³/mol. The fraction of sp³-hybridized carbons (Fsp3) is 0.182. The standard InChI is InChI=1S/C22H17F3S/c23-22(24,25)26-18-13-11-17(12-14-18)21-19(15-7-3-1-4-8-15)20(21)16-9-5-2-6-10-16/h1-14,19-21H. The average Bonchev–Trinajstić information content (AvgIpc) is 3.38. The van der Waals surface area contributed by atoms with Crippen molar-refractivity contribution in [3.63, 3.8) is 0 Å². The molecule has 4 heteroatoms. The lowest BCUT2D eigenvalue weighted by atomic mass is 10.0. The Bertz CT molecular complexity index is 812. The van der Waals surface area contributed by atoms with Gasteiger partial charge in [-0.2, -0.15) is 13.2 Å². The summed E-state index contributed by atoms with van der Waals surface area (Å²) in [5, 5.41) is 0. The Morgan fingerprint density at radius 2 is 0.923 bits per heavy atom. The van der Waals surface area contributed by atoms with E-state index < -0.39 is 5.51 Å². The lowest BCUT2D eigenvalue weighted by molar-refractivity contribution is -0.0328. The molecule has 0 nitrogen and oxygen atoms in total. The summed E-state index contributed by atoms with van der Waals surface area (Å²) in [6.45, 7) is 0. The van der Waals surface area contributed by atoms with E-state index in [2.05, 4.69) is 24.3 Å². The maximum absolute atomic E-state index is 12.5. The molecular weight excluding hydrogens is 353 g/mol. The van der Waals surface area contributed by atoms with Crippen molar-refractivity contribution in [1.82, 2.24) is 0 Å². The van der Waals surface area contributed by atoms with Crippen LogP contribution < -0.4 is 0 Å². The molecule has 0 bridgehead atoms. The Balaban J connectivity index is 1.63. The molecule has 0 N–H and O–H groups in total. The van der Waals surface area contributed by atoms with Gasteiger partial charge in [0.05, 0.1) is 0 Å². The van der Waals surface area contributed by atoms with Gasteiger partial charge in [-0.3, -0.25) is 0 Å². The second-order valence-electron chi connectivity index (χ2n) is 6.52. The van der Waals surface area contributed by atoms with Gasteiger partial charge < -0.3 is 0 Å². The number of halogens is 3. The number of hydrogen-bond donors (Lipinski definition) is 0. The largest absolute Gasteiger partial charge is 0.446 e. The van der Waals surface area contributed by atoms with Gasteiger partial charge in [-0.1, -0.05) is 72.8 Å². The molecule has 26 heavy (non-hydrogen) atoms. The van der Waals surface area contributed by atoms with Crippen molar-refractivity contribution in [3.05, 3.63) is 102 Å². The SMILES string of the molecule is FC(F)(F)Sc1ccc(C2C(c3ccccc3)C2c2ccccc2)cc1. The van der Waals surface area contributed by atoms with Gasteiger partial charge in [0.1, 0.15) is 0 Å². The minimum atomic E-state index is -4.25. The van der Waals surface area contributed by atoms with E-state index in [-0.39, 0.29) is 16.7 Å². The molecule has 3 aromatic rings. The number of alkyl halides is 3. The molecule has 1 aliphatic carbocycles.